The first-order valence-electron chi connectivity index (χ1n) is 7.26. The molecule has 2 rings (SSSR count). The Morgan fingerprint density at radius 3 is 2.57 bits per heavy atom. The van der Waals surface area contributed by atoms with E-state index in [1.807, 2.05) is 17.4 Å². The molecule has 1 unspecified atom stereocenters. The third-order valence-electron chi connectivity index (χ3n) is 3.56. The monoisotopic (exact) mass is 305 g/mol. The van der Waals surface area contributed by atoms with Crippen molar-refractivity contribution in [2.45, 2.75) is 25.8 Å². The van der Waals surface area contributed by atoms with Crippen molar-refractivity contribution in [1.82, 2.24) is 5.32 Å². The average molecular weight is 305 g/mol. The van der Waals surface area contributed by atoms with E-state index in [2.05, 4.69) is 41.9 Å². The first-order valence-corrected chi connectivity index (χ1v) is 8.14. The predicted octanol–water partition coefficient (Wildman–Crippen LogP) is 4.05. The molecule has 1 aromatic heterocycles. The zero-order valence-corrected chi connectivity index (χ0v) is 13.7. The van der Waals surface area contributed by atoms with Gasteiger partial charge in [-0.2, -0.15) is 0 Å². The van der Waals surface area contributed by atoms with Gasteiger partial charge in [0.05, 0.1) is 14.2 Å². The Balaban J connectivity index is 1.99. The Bertz CT molecular complexity index is 540. The SMILES string of the molecule is CCC(NCCc1cccs1)c1ccc(OC)c(OC)c1. The van der Waals surface area contributed by atoms with Crippen molar-refractivity contribution in [3.63, 3.8) is 0 Å². The van der Waals surface area contributed by atoms with Gasteiger partial charge < -0.3 is 14.8 Å². The highest BCUT2D eigenvalue weighted by Gasteiger charge is 2.12. The molecule has 1 atom stereocenters. The van der Waals surface area contributed by atoms with Crippen LogP contribution in [0.2, 0.25) is 0 Å². The summed E-state index contributed by atoms with van der Waals surface area (Å²) < 4.78 is 10.7. The van der Waals surface area contributed by atoms with Crippen LogP contribution in [0, 0.1) is 0 Å². The number of thiophene rings is 1. The van der Waals surface area contributed by atoms with Gasteiger partial charge in [0.15, 0.2) is 11.5 Å². The molecule has 4 heteroatoms. The molecule has 0 radical (unpaired) electrons. The largest absolute Gasteiger partial charge is 0.493 e. The average Bonchev–Trinajstić information content (AvgIpc) is 3.04. The minimum atomic E-state index is 0.338. The van der Waals surface area contributed by atoms with Gasteiger partial charge in [0.2, 0.25) is 0 Å². The predicted molar refractivity (Wildman–Crippen MR) is 88.6 cm³/mol. The molecule has 1 aromatic carbocycles. The maximum atomic E-state index is 5.38. The van der Waals surface area contributed by atoms with E-state index in [0.717, 1.165) is 30.9 Å². The summed E-state index contributed by atoms with van der Waals surface area (Å²) in [4.78, 5) is 1.42. The van der Waals surface area contributed by atoms with E-state index in [1.54, 1.807) is 14.2 Å². The normalized spacial score (nSPS) is 12.1. The summed E-state index contributed by atoms with van der Waals surface area (Å²) in [6.07, 6.45) is 2.11. The standard InChI is InChI=1S/C17H23NO2S/c1-4-15(18-10-9-14-6-5-11-21-14)13-7-8-16(19-2)17(12-13)20-3/h5-8,11-12,15,18H,4,9-10H2,1-3H3. The van der Waals surface area contributed by atoms with Gasteiger partial charge >= 0.3 is 0 Å². The molecule has 1 N–H and O–H groups in total. The van der Waals surface area contributed by atoms with E-state index in [9.17, 15) is 0 Å². The Morgan fingerprint density at radius 1 is 1.14 bits per heavy atom. The maximum absolute atomic E-state index is 5.38. The van der Waals surface area contributed by atoms with Crippen LogP contribution in [0.25, 0.3) is 0 Å². The van der Waals surface area contributed by atoms with Crippen LogP contribution in [0.15, 0.2) is 35.7 Å². The van der Waals surface area contributed by atoms with E-state index in [-0.39, 0.29) is 0 Å². The van der Waals surface area contributed by atoms with Crippen LogP contribution in [-0.4, -0.2) is 20.8 Å². The second-order valence-electron chi connectivity index (χ2n) is 4.86. The second-order valence-corrected chi connectivity index (χ2v) is 5.89. The summed E-state index contributed by atoms with van der Waals surface area (Å²) in [5, 5.41) is 5.75. The molecule has 114 valence electrons. The van der Waals surface area contributed by atoms with Crippen LogP contribution in [0.4, 0.5) is 0 Å². The van der Waals surface area contributed by atoms with Crippen LogP contribution in [0.5, 0.6) is 11.5 Å². The molecule has 0 fully saturated rings. The lowest BCUT2D eigenvalue weighted by molar-refractivity contribution is 0.353. The minimum absolute atomic E-state index is 0.338. The van der Waals surface area contributed by atoms with Gasteiger partial charge in [-0.25, -0.2) is 0 Å². The van der Waals surface area contributed by atoms with Crippen molar-refractivity contribution in [1.29, 1.82) is 0 Å². The third kappa shape index (κ3) is 4.22. The smallest absolute Gasteiger partial charge is 0.161 e. The second kappa shape index (κ2) is 8.05. The number of nitrogens with one attached hydrogen (secondary N) is 1. The molecule has 0 saturated heterocycles. The zero-order valence-electron chi connectivity index (χ0n) is 12.9. The quantitative estimate of drug-likeness (QED) is 0.798. The fourth-order valence-electron chi connectivity index (χ4n) is 2.39. The summed E-state index contributed by atoms with van der Waals surface area (Å²) in [6, 6.07) is 10.8. The molecule has 21 heavy (non-hydrogen) atoms. The van der Waals surface area contributed by atoms with Crippen molar-refractivity contribution in [2.24, 2.45) is 0 Å². The topological polar surface area (TPSA) is 30.5 Å². The van der Waals surface area contributed by atoms with Crippen molar-refractivity contribution in [3.8, 4) is 11.5 Å². The van der Waals surface area contributed by atoms with Crippen molar-refractivity contribution in [3.05, 3.63) is 46.2 Å². The van der Waals surface area contributed by atoms with E-state index in [0.29, 0.717) is 6.04 Å². The highest BCUT2D eigenvalue weighted by Crippen LogP contribution is 2.30. The van der Waals surface area contributed by atoms with Gasteiger partial charge in [-0.15, -0.1) is 11.3 Å². The fraction of sp³-hybridized carbons (Fsp3) is 0.412. The molecule has 0 saturated carbocycles. The molecule has 0 aliphatic carbocycles. The summed E-state index contributed by atoms with van der Waals surface area (Å²) in [5.41, 5.74) is 1.24. The third-order valence-corrected chi connectivity index (χ3v) is 4.50. The van der Waals surface area contributed by atoms with Gasteiger partial charge in [-0.3, -0.25) is 0 Å². The first-order chi connectivity index (χ1) is 10.3. The molecular weight excluding hydrogens is 282 g/mol. The number of hydrogen-bond donors (Lipinski definition) is 1. The maximum Gasteiger partial charge on any atom is 0.161 e. The first kappa shape index (κ1) is 15.9. The molecular formula is C17H23NO2S. The van der Waals surface area contributed by atoms with Crippen molar-refractivity contribution >= 4 is 11.3 Å². The number of benzene rings is 1. The lowest BCUT2D eigenvalue weighted by Gasteiger charge is -2.19. The lowest BCUT2D eigenvalue weighted by atomic mass is 10.0. The highest BCUT2D eigenvalue weighted by molar-refractivity contribution is 7.09. The van der Waals surface area contributed by atoms with Gasteiger partial charge in [-0.1, -0.05) is 19.1 Å². The molecule has 0 aliphatic rings. The van der Waals surface area contributed by atoms with Crippen LogP contribution >= 0.6 is 11.3 Å². The van der Waals surface area contributed by atoms with Gasteiger partial charge in [0.1, 0.15) is 0 Å². The highest BCUT2D eigenvalue weighted by atomic mass is 32.1. The van der Waals surface area contributed by atoms with E-state index in [4.69, 9.17) is 9.47 Å². The van der Waals surface area contributed by atoms with Crippen LogP contribution in [-0.2, 0) is 6.42 Å². The minimum Gasteiger partial charge on any atom is -0.493 e. The molecule has 0 bridgehead atoms. The van der Waals surface area contributed by atoms with E-state index >= 15 is 0 Å². The summed E-state index contributed by atoms with van der Waals surface area (Å²) in [5.74, 6) is 1.56. The van der Waals surface area contributed by atoms with Crippen LogP contribution < -0.4 is 14.8 Å². The molecule has 3 nitrogen and oxygen atoms in total. The van der Waals surface area contributed by atoms with Gasteiger partial charge in [0, 0.05) is 17.5 Å². The number of methoxy groups -OCH3 is 2. The lowest BCUT2D eigenvalue weighted by Crippen LogP contribution is -2.23. The van der Waals surface area contributed by atoms with Crippen molar-refractivity contribution in [2.75, 3.05) is 20.8 Å². The van der Waals surface area contributed by atoms with Crippen LogP contribution in [0.1, 0.15) is 29.8 Å². The number of rotatable bonds is 8. The number of hydrogen-bond acceptors (Lipinski definition) is 4. The Morgan fingerprint density at radius 2 is 1.95 bits per heavy atom. The van der Waals surface area contributed by atoms with Crippen LogP contribution in [0.3, 0.4) is 0 Å². The van der Waals surface area contributed by atoms with Gasteiger partial charge in [-0.05, 0) is 42.0 Å². The Kier molecular flexibility index (Phi) is 6.08. The number of ether oxygens (including phenoxy) is 2. The van der Waals surface area contributed by atoms with Gasteiger partial charge in [0.25, 0.3) is 0 Å². The molecule has 0 spiro atoms. The summed E-state index contributed by atoms with van der Waals surface area (Å²) in [6.45, 7) is 3.17. The molecule has 1 heterocycles. The Labute approximate surface area is 130 Å². The summed E-state index contributed by atoms with van der Waals surface area (Å²) in [7, 11) is 3.33. The van der Waals surface area contributed by atoms with E-state index < -0.39 is 0 Å². The zero-order chi connectivity index (χ0) is 15.1. The molecule has 2 aromatic rings. The summed E-state index contributed by atoms with van der Waals surface area (Å²) >= 11 is 1.81. The molecule has 0 amide bonds. The molecule has 0 aliphatic heterocycles. The van der Waals surface area contributed by atoms with Crippen molar-refractivity contribution < 1.29 is 9.47 Å². The Hall–Kier alpha value is -1.52. The van der Waals surface area contributed by atoms with E-state index in [1.165, 1.54) is 10.4 Å². The fourth-order valence-corrected chi connectivity index (χ4v) is 3.10.